The van der Waals surface area contributed by atoms with Gasteiger partial charge in [0, 0.05) is 56.3 Å². The van der Waals surface area contributed by atoms with Crippen LogP contribution in [0.25, 0.3) is 0 Å². The maximum atomic E-state index is 12.8. The molecule has 3 rings (SSSR count). The summed E-state index contributed by atoms with van der Waals surface area (Å²) < 4.78 is 5.72. The molecule has 2 heterocycles. The first-order chi connectivity index (χ1) is 14.4. The molecule has 0 radical (unpaired) electrons. The van der Waals surface area contributed by atoms with Crippen molar-refractivity contribution in [2.75, 3.05) is 26.7 Å². The molecule has 2 N–H and O–H groups in total. The molecule has 0 bridgehead atoms. The molecule has 1 fully saturated rings. The summed E-state index contributed by atoms with van der Waals surface area (Å²) in [5, 5.41) is 7.75. The van der Waals surface area contributed by atoms with Crippen LogP contribution in [0, 0.1) is 6.92 Å². The third-order valence-electron chi connectivity index (χ3n) is 4.89. The van der Waals surface area contributed by atoms with Crippen molar-refractivity contribution >= 4 is 23.2 Å². The van der Waals surface area contributed by atoms with E-state index in [-0.39, 0.29) is 18.1 Å². The van der Waals surface area contributed by atoms with Gasteiger partial charge in [-0.05, 0) is 38.5 Å². The fourth-order valence-electron chi connectivity index (χ4n) is 3.50. The Kier molecular flexibility index (Phi) is 7.81. The van der Waals surface area contributed by atoms with Gasteiger partial charge in [0.2, 0.25) is 0 Å². The molecule has 1 aromatic heterocycles. The number of hydrogen-bond acceptors (Lipinski definition) is 5. The highest BCUT2D eigenvalue weighted by Gasteiger charge is 2.26. The molecule has 0 aliphatic carbocycles. The molecule has 1 saturated heterocycles. The number of aromatic nitrogens is 1. The van der Waals surface area contributed by atoms with Gasteiger partial charge in [0.15, 0.2) is 5.96 Å². The molecule has 2 aromatic rings. The van der Waals surface area contributed by atoms with Crippen molar-refractivity contribution < 1.29 is 9.53 Å². The van der Waals surface area contributed by atoms with Gasteiger partial charge in [0.1, 0.15) is 0 Å². The zero-order valence-corrected chi connectivity index (χ0v) is 19.0. The molecule has 30 heavy (non-hydrogen) atoms. The maximum absolute atomic E-state index is 12.8. The Balaban J connectivity index is 1.46. The fraction of sp³-hybridized carbons (Fsp3) is 0.500. The summed E-state index contributed by atoms with van der Waals surface area (Å²) in [5.74, 6) is 0.811. The summed E-state index contributed by atoms with van der Waals surface area (Å²) >= 11 is 1.72. The number of ether oxygens (including phenoxy) is 1. The van der Waals surface area contributed by atoms with Gasteiger partial charge in [-0.25, -0.2) is 4.98 Å². The topological polar surface area (TPSA) is 78.8 Å². The van der Waals surface area contributed by atoms with Crippen LogP contribution in [0.15, 0.2) is 35.5 Å². The number of hydrogen-bond donors (Lipinski definition) is 2. The summed E-state index contributed by atoms with van der Waals surface area (Å²) in [6.07, 6.45) is 2.91. The molecule has 1 aliphatic heterocycles. The van der Waals surface area contributed by atoms with E-state index in [2.05, 4.69) is 27.5 Å². The number of amides is 1. The van der Waals surface area contributed by atoms with E-state index in [9.17, 15) is 4.79 Å². The number of morpholine rings is 1. The van der Waals surface area contributed by atoms with E-state index in [0.29, 0.717) is 25.2 Å². The first-order valence-corrected chi connectivity index (χ1v) is 11.2. The number of carbonyl (C=O) groups excluding carboxylic acids is 1. The van der Waals surface area contributed by atoms with E-state index in [0.717, 1.165) is 29.5 Å². The lowest BCUT2D eigenvalue weighted by molar-refractivity contribution is -0.0586. The largest absolute Gasteiger partial charge is 0.372 e. The highest BCUT2D eigenvalue weighted by atomic mass is 32.1. The molecular formula is C22H31N5O2S. The number of rotatable bonds is 6. The average molecular weight is 430 g/mol. The van der Waals surface area contributed by atoms with E-state index in [4.69, 9.17) is 4.74 Å². The van der Waals surface area contributed by atoms with Crippen LogP contribution >= 0.6 is 11.3 Å². The lowest BCUT2D eigenvalue weighted by atomic mass is 10.1. The van der Waals surface area contributed by atoms with Gasteiger partial charge in [0.05, 0.1) is 17.2 Å². The first kappa shape index (κ1) is 22.2. The highest BCUT2D eigenvalue weighted by molar-refractivity contribution is 7.11. The molecule has 0 spiro atoms. The summed E-state index contributed by atoms with van der Waals surface area (Å²) in [7, 11) is 1.76. The number of aliphatic imine (C=N–C) groups is 1. The second-order valence-electron chi connectivity index (χ2n) is 7.63. The van der Waals surface area contributed by atoms with Gasteiger partial charge in [0.25, 0.3) is 5.91 Å². The normalized spacial score (nSPS) is 19.6. The third kappa shape index (κ3) is 6.27. The SMILES string of the molecule is CN=C(NCCc1ncc(C)s1)NCc1ccc(C(=O)N2CC(C)OC(C)C2)cc1. The van der Waals surface area contributed by atoms with E-state index < -0.39 is 0 Å². The van der Waals surface area contributed by atoms with Crippen molar-refractivity contribution in [3.63, 3.8) is 0 Å². The van der Waals surface area contributed by atoms with Crippen LogP contribution in [0.4, 0.5) is 0 Å². The van der Waals surface area contributed by atoms with Crippen LogP contribution < -0.4 is 10.6 Å². The van der Waals surface area contributed by atoms with Gasteiger partial charge < -0.3 is 20.3 Å². The third-order valence-corrected chi connectivity index (χ3v) is 5.86. The lowest BCUT2D eigenvalue weighted by Crippen LogP contribution is -2.48. The lowest BCUT2D eigenvalue weighted by Gasteiger charge is -2.35. The Hall–Kier alpha value is -2.45. The minimum atomic E-state index is 0.0615. The molecule has 2 unspecified atom stereocenters. The summed E-state index contributed by atoms with van der Waals surface area (Å²) in [6.45, 7) is 8.75. The minimum Gasteiger partial charge on any atom is -0.372 e. The van der Waals surface area contributed by atoms with Gasteiger partial charge in [-0.3, -0.25) is 9.79 Å². The highest BCUT2D eigenvalue weighted by Crippen LogP contribution is 2.15. The summed E-state index contributed by atoms with van der Waals surface area (Å²) in [5.41, 5.74) is 1.80. The van der Waals surface area contributed by atoms with E-state index in [1.165, 1.54) is 4.88 Å². The molecule has 1 aromatic carbocycles. The van der Waals surface area contributed by atoms with Crippen LogP contribution in [0.5, 0.6) is 0 Å². The Morgan fingerprint density at radius 1 is 1.23 bits per heavy atom. The Morgan fingerprint density at radius 3 is 2.53 bits per heavy atom. The quantitative estimate of drug-likeness (QED) is 0.545. The molecule has 2 atom stereocenters. The standard InChI is InChI=1S/C22H31N5O2S/c1-15-13-27(14-16(2)29-15)21(28)19-7-5-18(6-8-19)12-26-22(23-4)24-10-9-20-25-11-17(3)30-20/h5-8,11,15-16H,9-10,12-14H2,1-4H3,(H2,23,24,26). The van der Waals surface area contributed by atoms with Crippen LogP contribution in [-0.2, 0) is 17.7 Å². The van der Waals surface area contributed by atoms with Crippen molar-refractivity contribution in [3.8, 4) is 0 Å². The summed E-state index contributed by atoms with van der Waals surface area (Å²) in [4.78, 5) is 24.5. The monoisotopic (exact) mass is 429 g/mol. The second-order valence-corrected chi connectivity index (χ2v) is 8.95. The predicted molar refractivity (Wildman–Crippen MR) is 121 cm³/mol. The molecule has 162 valence electrons. The molecule has 1 amide bonds. The number of aryl methyl sites for hydroxylation is 1. The van der Waals surface area contributed by atoms with Crippen molar-refractivity contribution in [1.29, 1.82) is 0 Å². The first-order valence-electron chi connectivity index (χ1n) is 10.3. The van der Waals surface area contributed by atoms with E-state index in [1.807, 2.05) is 49.2 Å². The number of thiazole rings is 1. The summed E-state index contributed by atoms with van der Waals surface area (Å²) in [6, 6.07) is 7.76. The minimum absolute atomic E-state index is 0.0615. The molecular weight excluding hydrogens is 398 g/mol. The maximum Gasteiger partial charge on any atom is 0.254 e. The zero-order valence-electron chi connectivity index (χ0n) is 18.1. The Labute approximate surface area is 182 Å². The van der Waals surface area contributed by atoms with E-state index >= 15 is 0 Å². The van der Waals surface area contributed by atoms with Crippen molar-refractivity contribution in [2.45, 2.75) is 45.9 Å². The van der Waals surface area contributed by atoms with Crippen LogP contribution in [0.3, 0.4) is 0 Å². The fourth-order valence-corrected chi connectivity index (χ4v) is 4.29. The zero-order chi connectivity index (χ0) is 21.5. The Morgan fingerprint density at radius 2 is 1.93 bits per heavy atom. The van der Waals surface area contributed by atoms with Crippen molar-refractivity contribution in [2.24, 2.45) is 4.99 Å². The Bertz CT molecular complexity index is 855. The van der Waals surface area contributed by atoms with Gasteiger partial charge in [-0.2, -0.15) is 0 Å². The predicted octanol–water partition coefficient (Wildman–Crippen LogP) is 2.61. The average Bonchev–Trinajstić information content (AvgIpc) is 3.14. The van der Waals surface area contributed by atoms with E-state index in [1.54, 1.807) is 18.4 Å². The molecule has 8 heteroatoms. The van der Waals surface area contributed by atoms with Gasteiger partial charge in [-0.15, -0.1) is 11.3 Å². The van der Waals surface area contributed by atoms with Gasteiger partial charge >= 0.3 is 0 Å². The van der Waals surface area contributed by atoms with Crippen LogP contribution in [0.2, 0.25) is 0 Å². The number of guanidine groups is 1. The number of carbonyl (C=O) groups is 1. The van der Waals surface area contributed by atoms with Crippen LogP contribution in [-0.4, -0.2) is 60.6 Å². The molecule has 7 nitrogen and oxygen atoms in total. The number of nitrogens with zero attached hydrogens (tertiary/aromatic N) is 3. The van der Waals surface area contributed by atoms with Gasteiger partial charge in [-0.1, -0.05) is 12.1 Å². The molecule has 1 aliphatic rings. The van der Waals surface area contributed by atoms with Crippen molar-refractivity contribution in [1.82, 2.24) is 20.5 Å². The number of nitrogens with one attached hydrogen (secondary N) is 2. The number of benzene rings is 1. The molecule has 0 saturated carbocycles. The second kappa shape index (κ2) is 10.5. The van der Waals surface area contributed by atoms with Crippen LogP contribution in [0.1, 0.15) is 39.7 Å². The van der Waals surface area contributed by atoms with Crippen molar-refractivity contribution in [3.05, 3.63) is 51.5 Å². The smallest absolute Gasteiger partial charge is 0.254 e.